The van der Waals surface area contributed by atoms with E-state index in [0.29, 0.717) is 16.9 Å². The fourth-order valence-corrected chi connectivity index (χ4v) is 2.66. The average molecular weight is 330 g/mol. The van der Waals surface area contributed by atoms with Gasteiger partial charge < -0.3 is 10.2 Å². The first-order valence-electron chi connectivity index (χ1n) is 7.67. The van der Waals surface area contributed by atoms with Gasteiger partial charge in [-0.3, -0.25) is 10.4 Å². The largest absolute Gasteiger partial charge is 0.506 e. The molecule has 0 fully saturated rings. The molecule has 122 valence electrons. The highest BCUT2D eigenvalue weighted by Crippen LogP contribution is 2.25. The van der Waals surface area contributed by atoms with Gasteiger partial charge in [-0.2, -0.15) is 5.10 Å². The summed E-state index contributed by atoms with van der Waals surface area (Å²) in [6.45, 7) is 0. The van der Waals surface area contributed by atoms with Crippen molar-refractivity contribution in [2.45, 2.75) is 0 Å². The molecule has 0 aliphatic heterocycles. The predicted octanol–water partition coefficient (Wildman–Crippen LogP) is 3.64. The molecule has 0 atom stereocenters. The van der Waals surface area contributed by atoms with Crippen molar-refractivity contribution in [1.29, 1.82) is 0 Å². The lowest BCUT2D eigenvalue weighted by Gasteiger charge is -2.04. The maximum Gasteiger partial charge on any atom is 0.147 e. The SMILES string of the molecule is Oc1cccc2ccc(N/N=C/c3ccnc4c(O)cccc34)nc12. The maximum atomic E-state index is 9.88. The minimum atomic E-state index is 0.126. The minimum Gasteiger partial charge on any atom is -0.506 e. The zero-order valence-electron chi connectivity index (χ0n) is 13.1. The molecule has 0 aliphatic carbocycles. The summed E-state index contributed by atoms with van der Waals surface area (Å²) in [5.74, 6) is 0.777. The molecule has 2 aromatic heterocycles. The van der Waals surface area contributed by atoms with Crippen molar-refractivity contribution < 1.29 is 10.2 Å². The number of pyridine rings is 2. The number of nitrogens with one attached hydrogen (secondary N) is 1. The normalized spacial score (nSPS) is 11.4. The third kappa shape index (κ3) is 2.81. The third-order valence-electron chi connectivity index (χ3n) is 3.87. The molecule has 0 saturated heterocycles. The second-order valence-electron chi connectivity index (χ2n) is 5.49. The highest BCUT2D eigenvalue weighted by atomic mass is 16.3. The Morgan fingerprint density at radius 3 is 2.56 bits per heavy atom. The molecular formula is C19H14N4O2. The number of hydrogen-bond donors (Lipinski definition) is 3. The first kappa shape index (κ1) is 14.9. The van der Waals surface area contributed by atoms with E-state index in [1.165, 1.54) is 0 Å². The topological polar surface area (TPSA) is 90.6 Å². The van der Waals surface area contributed by atoms with Crippen molar-refractivity contribution in [3.05, 3.63) is 66.4 Å². The van der Waals surface area contributed by atoms with Crippen LogP contribution in [0.1, 0.15) is 5.56 Å². The molecule has 2 heterocycles. The van der Waals surface area contributed by atoms with Crippen LogP contribution < -0.4 is 5.43 Å². The Balaban J connectivity index is 1.63. The summed E-state index contributed by atoms with van der Waals surface area (Å²) >= 11 is 0. The van der Waals surface area contributed by atoms with Crippen molar-refractivity contribution >= 4 is 33.8 Å². The van der Waals surface area contributed by atoms with Crippen LogP contribution in [0.5, 0.6) is 11.5 Å². The van der Waals surface area contributed by atoms with Crippen molar-refractivity contribution in [2.24, 2.45) is 5.10 Å². The van der Waals surface area contributed by atoms with Crippen molar-refractivity contribution in [3.8, 4) is 11.5 Å². The number of aromatic hydroxyl groups is 2. The average Bonchev–Trinajstić information content (AvgIpc) is 2.63. The van der Waals surface area contributed by atoms with Crippen molar-refractivity contribution in [2.75, 3.05) is 5.43 Å². The van der Waals surface area contributed by atoms with Gasteiger partial charge in [0.1, 0.15) is 28.4 Å². The van der Waals surface area contributed by atoms with E-state index in [9.17, 15) is 10.2 Å². The second-order valence-corrected chi connectivity index (χ2v) is 5.49. The summed E-state index contributed by atoms with van der Waals surface area (Å²) in [5.41, 5.74) is 4.72. The third-order valence-corrected chi connectivity index (χ3v) is 3.87. The smallest absolute Gasteiger partial charge is 0.147 e. The minimum absolute atomic E-state index is 0.126. The van der Waals surface area contributed by atoms with E-state index in [1.807, 2.05) is 24.3 Å². The fourth-order valence-electron chi connectivity index (χ4n) is 2.66. The van der Waals surface area contributed by atoms with E-state index in [0.717, 1.165) is 16.3 Å². The van der Waals surface area contributed by atoms with Gasteiger partial charge in [-0.05, 0) is 30.3 Å². The van der Waals surface area contributed by atoms with Gasteiger partial charge in [0.2, 0.25) is 0 Å². The molecule has 0 amide bonds. The van der Waals surface area contributed by atoms with Gasteiger partial charge in [-0.1, -0.05) is 24.3 Å². The number of hydrazone groups is 1. The lowest BCUT2D eigenvalue weighted by molar-refractivity contribution is 0.480. The van der Waals surface area contributed by atoms with Crippen LogP contribution in [0.3, 0.4) is 0 Å². The Hall–Kier alpha value is -3.67. The van der Waals surface area contributed by atoms with E-state index in [4.69, 9.17) is 0 Å². The van der Waals surface area contributed by atoms with Crippen LogP contribution >= 0.6 is 0 Å². The van der Waals surface area contributed by atoms with E-state index < -0.39 is 0 Å². The van der Waals surface area contributed by atoms with E-state index in [1.54, 1.807) is 42.7 Å². The molecular weight excluding hydrogens is 316 g/mol. The Kier molecular flexibility index (Phi) is 3.63. The molecule has 3 N–H and O–H groups in total. The molecule has 0 unspecified atom stereocenters. The van der Waals surface area contributed by atoms with Crippen molar-refractivity contribution in [3.63, 3.8) is 0 Å². The summed E-state index contributed by atoms with van der Waals surface area (Å²) in [5, 5.41) is 25.6. The Morgan fingerprint density at radius 2 is 1.68 bits per heavy atom. The quantitative estimate of drug-likeness (QED) is 0.394. The molecule has 0 bridgehead atoms. The zero-order chi connectivity index (χ0) is 17.2. The van der Waals surface area contributed by atoms with Crippen LogP contribution in [0.15, 0.2) is 65.9 Å². The monoisotopic (exact) mass is 330 g/mol. The van der Waals surface area contributed by atoms with Gasteiger partial charge in [0.25, 0.3) is 0 Å². The molecule has 0 saturated carbocycles. The lowest BCUT2D eigenvalue weighted by Crippen LogP contribution is -1.95. The van der Waals surface area contributed by atoms with Gasteiger partial charge >= 0.3 is 0 Å². The van der Waals surface area contributed by atoms with Gasteiger partial charge in [0, 0.05) is 22.5 Å². The number of nitrogens with zero attached hydrogens (tertiary/aromatic N) is 3. The number of anilines is 1. The molecule has 6 nitrogen and oxygen atoms in total. The Labute approximate surface area is 143 Å². The maximum absolute atomic E-state index is 9.88. The van der Waals surface area contributed by atoms with Gasteiger partial charge in [-0.15, -0.1) is 0 Å². The highest BCUT2D eigenvalue weighted by molar-refractivity contribution is 6.00. The predicted molar refractivity (Wildman–Crippen MR) is 98.0 cm³/mol. The molecule has 4 rings (SSSR count). The molecule has 0 aliphatic rings. The van der Waals surface area contributed by atoms with Gasteiger partial charge in [-0.25, -0.2) is 4.98 Å². The summed E-state index contributed by atoms with van der Waals surface area (Å²) in [6, 6.07) is 15.9. The Morgan fingerprint density at radius 1 is 0.880 bits per heavy atom. The molecule has 25 heavy (non-hydrogen) atoms. The number of phenolic OH excluding ortho intramolecular Hbond substituents is 2. The van der Waals surface area contributed by atoms with Crippen LogP contribution in [0.4, 0.5) is 5.82 Å². The summed E-state index contributed by atoms with van der Waals surface area (Å²) in [4.78, 5) is 8.53. The van der Waals surface area contributed by atoms with Crippen LogP contribution in [-0.4, -0.2) is 26.4 Å². The molecule has 4 aromatic rings. The molecule has 0 radical (unpaired) electrons. The van der Waals surface area contributed by atoms with Crippen LogP contribution in [0, 0.1) is 0 Å². The molecule has 0 spiro atoms. The van der Waals surface area contributed by atoms with Crippen molar-refractivity contribution in [1.82, 2.24) is 9.97 Å². The number of aromatic nitrogens is 2. The highest BCUT2D eigenvalue weighted by Gasteiger charge is 2.04. The summed E-state index contributed by atoms with van der Waals surface area (Å²) in [7, 11) is 0. The summed E-state index contributed by atoms with van der Waals surface area (Å²) in [6.07, 6.45) is 3.26. The number of fused-ring (bicyclic) bond motifs is 2. The first-order valence-corrected chi connectivity index (χ1v) is 7.67. The van der Waals surface area contributed by atoms with Crippen LogP contribution in [-0.2, 0) is 0 Å². The standard InChI is InChI=1S/C19H14N4O2/c24-15-5-1-3-12-7-8-17(22-18(12)15)23-21-11-13-9-10-20-19-14(13)4-2-6-16(19)25/h1-11,24-25H,(H,22,23)/b21-11+. The first-order chi connectivity index (χ1) is 12.2. The Bertz CT molecular complexity index is 1110. The number of benzene rings is 2. The molecule has 6 heteroatoms. The molecule has 2 aromatic carbocycles. The van der Waals surface area contributed by atoms with E-state index >= 15 is 0 Å². The number of phenols is 2. The number of hydrogen-bond acceptors (Lipinski definition) is 6. The second kappa shape index (κ2) is 6.09. The zero-order valence-corrected chi connectivity index (χ0v) is 13.1. The summed E-state index contributed by atoms with van der Waals surface area (Å²) < 4.78 is 0. The van der Waals surface area contributed by atoms with Crippen LogP contribution in [0.25, 0.3) is 21.8 Å². The fraction of sp³-hybridized carbons (Fsp3) is 0. The van der Waals surface area contributed by atoms with Crippen LogP contribution in [0.2, 0.25) is 0 Å². The van der Waals surface area contributed by atoms with Gasteiger partial charge in [0.05, 0.1) is 6.21 Å². The van der Waals surface area contributed by atoms with E-state index in [2.05, 4.69) is 20.5 Å². The lowest BCUT2D eigenvalue weighted by atomic mass is 10.1. The number of para-hydroxylation sites is 2. The number of rotatable bonds is 3. The van der Waals surface area contributed by atoms with Gasteiger partial charge in [0.15, 0.2) is 0 Å². The van der Waals surface area contributed by atoms with E-state index in [-0.39, 0.29) is 11.5 Å².